The molecule has 0 spiro atoms. The Kier molecular flexibility index (Phi) is 3.08. The molecule has 0 aliphatic carbocycles. The molecule has 60 valence electrons. The second kappa shape index (κ2) is 4.11. The molecule has 0 aromatic heterocycles. The number of benzene rings is 1. The van der Waals surface area contributed by atoms with Gasteiger partial charge in [-0.05, 0) is 12.0 Å². The molecule has 1 aromatic rings. The van der Waals surface area contributed by atoms with E-state index in [0.717, 1.165) is 5.56 Å². The molecule has 0 amide bonds. The summed E-state index contributed by atoms with van der Waals surface area (Å²) in [4.78, 5) is 0. The van der Waals surface area contributed by atoms with Crippen LogP contribution in [0.15, 0.2) is 30.3 Å². The Bertz CT molecular complexity index is 198. The summed E-state index contributed by atoms with van der Waals surface area (Å²) in [6.45, 7) is 0.149. The van der Waals surface area contributed by atoms with Crippen molar-refractivity contribution in [1.82, 2.24) is 0 Å². The van der Waals surface area contributed by atoms with Gasteiger partial charge in [0.15, 0.2) is 0 Å². The minimum absolute atomic E-state index is 0.0267. The summed E-state index contributed by atoms with van der Waals surface area (Å²) in [5.74, 6) is 0. The summed E-state index contributed by atoms with van der Waals surface area (Å²) in [6, 6.07) is 9.77. The Morgan fingerprint density at radius 3 is 2.45 bits per heavy atom. The van der Waals surface area contributed by atoms with E-state index >= 15 is 0 Å². The molecule has 0 heterocycles. The summed E-state index contributed by atoms with van der Waals surface area (Å²) in [5, 5.41) is 8.62. The lowest BCUT2D eigenvalue weighted by molar-refractivity contribution is 0.276. The van der Waals surface area contributed by atoms with Crippen LogP contribution in [0.3, 0.4) is 0 Å². The molecule has 3 N–H and O–H groups in total. The van der Waals surface area contributed by atoms with E-state index in [1.165, 1.54) is 0 Å². The van der Waals surface area contributed by atoms with Gasteiger partial charge in [0.1, 0.15) is 0 Å². The Balaban J connectivity index is 2.61. The highest BCUT2D eigenvalue weighted by atomic mass is 16.3. The van der Waals surface area contributed by atoms with E-state index in [1.807, 2.05) is 30.3 Å². The van der Waals surface area contributed by atoms with Gasteiger partial charge in [-0.3, -0.25) is 0 Å². The van der Waals surface area contributed by atoms with Crippen LogP contribution in [-0.2, 0) is 0 Å². The van der Waals surface area contributed by atoms with E-state index in [0.29, 0.717) is 6.42 Å². The lowest BCUT2D eigenvalue weighted by Gasteiger charge is -2.08. The van der Waals surface area contributed by atoms with Crippen molar-refractivity contribution in [1.29, 1.82) is 0 Å². The van der Waals surface area contributed by atoms with Crippen LogP contribution in [0.1, 0.15) is 18.0 Å². The zero-order chi connectivity index (χ0) is 8.10. The third kappa shape index (κ3) is 2.33. The lowest BCUT2D eigenvalue weighted by atomic mass is 10.1. The summed E-state index contributed by atoms with van der Waals surface area (Å²) in [7, 11) is 0. The first-order valence-corrected chi connectivity index (χ1v) is 3.76. The fraction of sp³-hybridized carbons (Fsp3) is 0.333. The van der Waals surface area contributed by atoms with Crippen molar-refractivity contribution in [3.05, 3.63) is 35.9 Å². The minimum atomic E-state index is -0.0267. The number of rotatable bonds is 3. The predicted octanol–water partition coefficient (Wildman–Crippen LogP) is 1.07. The third-order valence-corrected chi connectivity index (χ3v) is 1.67. The van der Waals surface area contributed by atoms with Gasteiger partial charge in [-0.25, -0.2) is 0 Å². The third-order valence-electron chi connectivity index (χ3n) is 1.67. The molecule has 1 unspecified atom stereocenters. The summed E-state index contributed by atoms with van der Waals surface area (Å²) >= 11 is 0. The first-order chi connectivity index (χ1) is 5.34. The Labute approximate surface area is 66.7 Å². The topological polar surface area (TPSA) is 46.2 Å². The van der Waals surface area contributed by atoms with E-state index in [-0.39, 0.29) is 12.6 Å². The number of aliphatic hydroxyl groups excluding tert-OH is 1. The summed E-state index contributed by atoms with van der Waals surface area (Å²) < 4.78 is 0. The van der Waals surface area contributed by atoms with E-state index in [4.69, 9.17) is 10.8 Å². The van der Waals surface area contributed by atoms with Gasteiger partial charge in [-0.15, -0.1) is 0 Å². The van der Waals surface area contributed by atoms with Crippen molar-refractivity contribution >= 4 is 0 Å². The fourth-order valence-corrected chi connectivity index (χ4v) is 1.01. The van der Waals surface area contributed by atoms with Crippen LogP contribution in [0, 0.1) is 0 Å². The second-order valence-electron chi connectivity index (χ2n) is 2.53. The maximum absolute atomic E-state index is 8.62. The Hall–Kier alpha value is -0.860. The van der Waals surface area contributed by atoms with Crippen LogP contribution < -0.4 is 5.73 Å². The quantitative estimate of drug-likeness (QED) is 0.678. The molecule has 2 heteroatoms. The van der Waals surface area contributed by atoms with Crippen molar-refractivity contribution in [2.45, 2.75) is 12.5 Å². The number of hydrogen-bond acceptors (Lipinski definition) is 2. The largest absolute Gasteiger partial charge is 0.396 e. The van der Waals surface area contributed by atoms with Crippen LogP contribution in [0.4, 0.5) is 0 Å². The molecule has 11 heavy (non-hydrogen) atoms. The van der Waals surface area contributed by atoms with Crippen molar-refractivity contribution in [2.75, 3.05) is 6.61 Å². The number of hydrogen-bond donors (Lipinski definition) is 2. The maximum atomic E-state index is 8.62. The van der Waals surface area contributed by atoms with Gasteiger partial charge in [-0.1, -0.05) is 30.3 Å². The van der Waals surface area contributed by atoms with Crippen molar-refractivity contribution in [2.24, 2.45) is 5.73 Å². The molecule has 0 saturated carbocycles. The highest BCUT2D eigenvalue weighted by Gasteiger charge is 2.02. The smallest absolute Gasteiger partial charge is 0.0449 e. The van der Waals surface area contributed by atoms with Gasteiger partial charge in [0.25, 0.3) is 0 Å². The van der Waals surface area contributed by atoms with E-state index in [2.05, 4.69) is 0 Å². The second-order valence-corrected chi connectivity index (χ2v) is 2.53. The van der Waals surface area contributed by atoms with E-state index < -0.39 is 0 Å². The average Bonchev–Trinajstić information content (AvgIpc) is 2.07. The molecular formula is C9H13NO. The lowest BCUT2D eigenvalue weighted by Crippen LogP contribution is -2.11. The highest BCUT2D eigenvalue weighted by Crippen LogP contribution is 2.11. The molecule has 0 aliphatic rings. The van der Waals surface area contributed by atoms with Crippen LogP contribution >= 0.6 is 0 Å². The van der Waals surface area contributed by atoms with Gasteiger partial charge in [0, 0.05) is 12.6 Å². The predicted molar refractivity (Wildman–Crippen MR) is 45.1 cm³/mol. The molecular weight excluding hydrogens is 138 g/mol. The molecule has 2 nitrogen and oxygen atoms in total. The first kappa shape index (κ1) is 8.24. The molecule has 0 radical (unpaired) electrons. The Morgan fingerprint density at radius 2 is 1.91 bits per heavy atom. The zero-order valence-electron chi connectivity index (χ0n) is 6.40. The average molecular weight is 151 g/mol. The van der Waals surface area contributed by atoms with Crippen molar-refractivity contribution < 1.29 is 5.11 Å². The molecule has 0 bridgehead atoms. The molecule has 0 aliphatic heterocycles. The van der Waals surface area contributed by atoms with Crippen LogP contribution in [0.2, 0.25) is 0 Å². The van der Waals surface area contributed by atoms with Crippen LogP contribution in [0.5, 0.6) is 0 Å². The van der Waals surface area contributed by atoms with Gasteiger partial charge < -0.3 is 10.8 Å². The van der Waals surface area contributed by atoms with Crippen LogP contribution in [0.25, 0.3) is 0 Å². The van der Waals surface area contributed by atoms with Gasteiger partial charge >= 0.3 is 0 Å². The monoisotopic (exact) mass is 151 g/mol. The highest BCUT2D eigenvalue weighted by molar-refractivity contribution is 5.18. The molecule has 1 rings (SSSR count). The van der Waals surface area contributed by atoms with Crippen molar-refractivity contribution in [3.63, 3.8) is 0 Å². The Morgan fingerprint density at radius 1 is 1.27 bits per heavy atom. The summed E-state index contributed by atoms with van der Waals surface area (Å²) in [5.41, 5.74) is 6.83. The summed E-state index contributed by atoms with van der Waals surface area (Å²) in [6.07, 6.45) is 0.629. The van der Waals surface area contributed by atoms with E-state index in [9.17, 15) is 0 Å². The SMILES string of the molecule is NC(CCO)c1ccccc1. The number of nitrogens with two attached hydrogens (primary N) is 1. The molecule has 0 saturated heterocycles. The van der Waals surface area contributed by atoms with Gasteiger partial charge in [0.2, 0.25) is 0 Å². The van der Waals surface area contributed by atoms with E-state index in [1.54, 1.807) is 0 Å². The normalized spacial score (nSPS) is 12.9. The van der Waals surface area contributed by atoms with Crippen LogP contribution in [-0.4, -0.2) is 11.7 Å². The number of aliphatic hydroxyl groups is 1. The molecule has 0 fully saturated rings. The first-order valence-electron chi connectivity index (χ1n) is 3.76. The molecule has 1 aromatic carbocycles. The minimum Gasteiger partial charge on any atom is -0.396 e. The van der Waals surface area contributed by atoms with Crippen molar-refractivity contribution in [3.8, 4) is 0 Å². The zero-order valence-corrected chi connectivity index (χ0v) is 6.40. The maximum Gasteiger partial charge on any atom is 0.0449 e. The molecule has 1 atom stereocenters. The fourth-order valence-electron chi connectivity index (χ4n) is 1.01. The van der Waals surface area contributed by atoms with Gasteiger partial charge in [0.05, 0.1) is 0 Å². The standard InChI is InChI=1S/C9H13NO/c10-9(6-7-11)8-4-2-1-3-5-8/h1-5,9,11H,6-7,10H2. The van der Waals surface area contributed by atoms with Gasteiger partial charge in [-0.2, -0.15) is 0 Å².